The highest BCUT2D eigenvalue weighted by molar-refractivity contribution is 5.85. The van der Waals surface area contributed by atoms with Crippen LogP contribution in [0.25, 0.3) is 0 Å². The van der Waals surface area contributed by atoms with E-state index in [-0.39, 0.29) is 18.0 Å². The molecule has 0 unspecified atom stereocenters. The molecule has 0 radical (unpaired) electrons. The first-order valence-corrected chi connectivity index (χ1v) is 4.44. The van der Waals surface area contributed by atoms with Gasteiger partial charge in [0.25, 0.3) is 0 Å². The molecular weight excluding hydrogens is 152 g/mol. The average molecular weight is 168 g/mol. The van der Waals surface area contributed by atoms with E-state index in [0.717, 1.165) is 0 Å². The first-order valence-electron chi connectivity index (χ1n) is 4.44. The Morgan fingerprint density at radius 3 is 2.83 bits per heavy atom. The van der Waals surface area contributed by atoms with Gasteiger partial charge in [-0.2, -0.15) is 0 Å². The fraction of sp³-hybridized carbons (Fsp3) is 0.700. The molecule has 0 N–H and O–H groups in total. The summed E-state index contributed by atoms with van der Waals surface area (Å²) >= 11 is 0. The largest absolute Gasteiger partial charge is 0.366 e. The van der Waals surface area contributed by atoms with Gasteiger partial charge < -0.3 is 4.74 Å². The molecule has 0 aromatic rings. The monoisotopic (exact) mass is 168 g/mol. The van der Waals surface area contributed by atoms with Crippen LogP contribution in [0.4, 0.5) is 0 Å². The van der Waals surface area contributed by atoms with Gasteiger partial charge in [0.2, 0.25) is 0 Å². The molecular formula is C10H16O2. The van der Waals surface area contributed by atoms with Crippen molar-refractivity contribution in [2.75, 3.05) is 0 Å². The third kappa shape index (κ3) is 1.95. The number of Topliss-reactive ketones (excluding diaryl/α,β-unsaturated/α-hetero) is 1. The summed E-state index contributed by atoms with van der Waals surface area (Å²) in [4.78, 5) is 11.3. The lowest BCUT2D eigenvalue weighted by molar-refractivity contribution is -0.122. The SMILES string of the molecule is C=CC[C@@H]1O[C@@H](C(C)C)CC1=O. The highest BCUT2D eigenvalue weighted by Gasteiger charge is 2.33. The fourth-order valence-electron chi connectivity index (χ4n) is 1.40. The number of rotatable bonds is 3. The Morgan fingerprint density at radius 2 is 2.42 bits per heavy atom. The molecule has 0 saturated carbocycles. The quantitative estimate of drug-likeness (QED) is 0.602. The zero-order valence-electron chi connectivity index (χ0n) is 7.75. The predicted octanol–water partition coefficient (Wildman–Crippen LogP) is 1.95. The summed E-state index contributed by atoms with van der Waals surface area (Å²) in [6.45, 7) is 7.75. The third-order valence-electron chi connectivity index (χ3n) is 2.22. The van der Waals surface area contributed by atoms with Gasteiger partial charge in [-0.15, -0.1) is 6.58 Å². The average Bonchev–Trinajstić information content (AvgIpc) is 2.34. The molecule has 12 heavy (non-hydrogen) atoms. The standard InChI is InChI=1S/C10H16O2/c1-4-5-9-8(11)6-10(12-9)7(2)3/h4,7,9-10H,1,5-6H2,2-3H3/t9-,10+/m0/s1. The number of carbonyl (C=O) groups excluding carboxylic acids is 1. The van der Waals surface area contributed by atoms with Crippen LogP contribution in [-0.4, -0.2) is 18.0 Å². The lowest BCUT2D eigenvalue weighted by Crippen LogP contribution is -2.16. The second-order valence-corrected chi connectivity index (χ2v) is 3.60. The van der Waals surface area contributed by atoms with Crippen molar-refractivity contribution in [1.82, 2.24) is 0 Å². The van der Waals surface area contributed by atoms with Crippen LogP contribution in [0.2, 0.25) is 0 Å². The van der Waals surface area contributed by atoms with E-state index in [4.69, 9.17) is 4.74 Å². The van der Waals surface area contributed by atoms with Gasteiger partial charge in [-0.3, -0.25) is 4.79 Å². The Labute approximate surface area is 73.6 Å². The van der Waals surface area contributed by atoms with E-state index in [1.165, 1.54) is 0 Å². The first-order chi connectivity index (χ1) is 5.65. The Bertz CT molecular complexity index is 184. The third-order valence-corrected chi connectivity index (χ3v) is 2.22. The van der Waals surface area contributed by atoms with Crippen LogP contribution in [0.1, 0.15) is 26.7 Å². The van der Waals surface area contributed by atoms with Crippen molar-refractivity contribution in [3.05, 3.63) is 12.7 Å². The van der Waals surface area contributed by atoms with Gasteiger partial charge in [0.1, 0.15) is 6.10 Å². The number of ether oxygens (including phenoxy) is 1. The lowest BCUT2D eigenvalue weighted by Gasteiger charge is -2.14. The van der Waals surface area contributed by atoms with Gasteiger partial charge in [0, 0.05) is 6.42 Å². The van der Waals surface area contributed by atoms with E-state index < -0.39 is 0 Å². The molecule has 0 bridgehead atoms. The van der Waals surface area contributed by atoms with Gasteiger partial charge in [0.05, 0.1) is 6.10 Å². The predicted molar refractivity (Wildman–Crippen MR) is 47.9 cm³/mol. The van der Waals surface area contributed by atoms with Crippen LogP contribution in [0.15, 0.2) is 12.7 Å². The second kappa shape index (κ2) is 3.85. The molecule has 1 fully saturated rings. The van der Waals surface area contributed by atoms with E-state index in [2.05, 4.69) is 20.4 Å². The highest BCUT2D eigenvalue weighted by atomic mass is 16.5. The van der Waals surface area contributed by atoms with Gasteiger partial charge >= 0.3 is 0 Å². The van der Waals surface area contributed by atoms with E-state index in [9.17, 15) is 4.79 Å². The maximum absolute atomic E-state index is 11.3. The maximum atomic E-state index is 11.3. The smallest absolute Gasteiger partial charge is 0.164 e. The molecule has 1 heterocycles. The number of hydrogen-bond acceptors (Lipinski definition) is 2. The van der Waals surface area contributed by atoms with E-state index in [0.29, 0.717) is 18.8 Å². The summed E-state index contributed by atoms with van der Waals surface area (Å²) in [6.07, 6.45) is 2.89. The Kier molecular flexibility index (Phi) is 3.04. The summed E-state index contributed by atoms with van der Waals surface area (Å²) in [5.74, 6) is 0.664. The van der Waals surface area contributed by atoms with Crippen molar-refractivity contribution < 1.29 is 9.53 Å². The lowest BCUT2D eigenvalue weighted by atomic mass is 10.0. The van der Waals surface area contributed by atoms with Crippen molar-refractivity contribution in [3.8, 4) is 0 Å². The fourth-order valence-corrected chi connectivity index (χ4v) is 1.40. The number of ketones is 1. The molecule has 0 amide bonds. The Balaban J connectivity index is 2.50. The van der Waals surface area contributed by atoms with Crippen LogP contribution >= 0.6 is 0 Å². The zero-order valence-corrected chi connectivity index (χ0v) is 7.75. The number of hydrogen-bond donors (Lipinski definition) is 0. The Hall–Kier alpha value is -0.630. The van der Waals surface area contributed by atoms with Crippen LogP contribution in [0.3, 0.4) is 0 Å². The maximum Gasteiger partial charge on any atom is 0.164 e. The Morgan fingerprint density at radius 1 is 1.75 bits per heavy atom. The van der Waals surface area contributed by atoms with Crippen molar-refractivity contribution in [1.29, 1.82) is 0 Å². The van der Waals surface area contributed by atoms with Crippen LogP contribution in [-0.2, 0) is 9.53 Å². The van der Waals surface area contributed by atoms with Crippen LogP contribution in [0.5, 0.6) is 0 Å². The summed E-state index contributed by atoms with van der Waals surface area (Å²) in [7, 11) is 0. The molecule has 1 aliphatic heterocycles. The van der Waals surface area contributed by atoms with E-state index >= 15 is 0 Å². The minimum absolute atomic E-state index is 0.127. The van der Waals surface area contributed by atoms with Crippen LogP contribution in [0, 0.1) is 5.92 Å². The molecule has 2 heteroatoms. The molecule has 2 atom stereocenters. The van der Waals surface area contributed by atoms with E-state index in [1.807, 2.05) is 0 Å². The van der Waals surface area contributed by atoms with Crippen molar-refractivity contribution >= 4 is 5.78 Å². The normalized spacial score (nSPS) is 29.8. The molecule has 0 aromatic heterocycles. The molecule has 1 aliphatic rings. The topological polar surface area (TPSA) is 26.3 Å². The molecule has 0 aromatic carbocycles. The first kappa shape index (κ1) is 9.46. The molecule has 2 nitrogen and oxygen atoms in total. The molecule has 1 rings (SSSR count). The second-order valence-electron chi connectivity index (χ2n) is 3.60. The van der Waals surface area contributed by atoms with Crippen LogP contribution < -0.4 is 0 Å². The summed E-state index contributed by atoms with van der Waals surface area (Å²) in [5.41, 5.74) is 0. The summed E-state index contributed by atoms with van der Waals surface area (Å²) in [6, 6.07) is 0. The minimum Gasteiger partial charge on any atom is -0.366 e. The number of carbonyl (C=O) groups is 1. The molecule has 0 aliphatic carbocycles. The molecule has 1 saturated heterocycles. The van der Waals surface area contributed by atoms with Gasteiger partial charge in [-0.05, 0) is 12.3 Å². The molecule has 0 spiro atoms. The highest BCUT2D eigenvalue weighted by Crippen LogP contribution is 2.24. The summed E-state index contributed by atoms with van der Waals surface area (Å²) in [5, 5.41) is 0. The summed E-state index contributed by atoms with van der Waals surface area (Å²) < 4.78 is 5.55. The van der Waals surface area contributed by atoms with E-state index in [1.54, 1.807) is 6.08 Å². The molecule has 68 valence electrons. The van der Waals surface area contributed by atoms with Gasteiger partial charge in [-0.1, -0.05) is 19.9 Å². The van der Waals surface area contributed by atoms with Crippen molar-refractivity contribution in [3.63, 3.8) is 0 Å². The zero-order chi connectivity index (χ0) is 9.14. The minimum atomic E-state index is -0.213. The van der Waals surface area contributed by atoms with Gasteiger partial charge in [-0.25, -0.2) is 0 Å². The van der Waals surface area contributed by atoms with Gasteiger partial charge in [0.15, 0.2) is 5.78 Å². The van der Waals surface area contributed by atoms with Crippen molar-refractivity contribution in [2.24, 2.45) is 5.92 Å². The van der Waals surface area contributed by atoms with Crippen molar-refractivity contribution in [2.45, 2.75) is 38.9 Å².